The Hall–Kier alpha value is -10.2. The number of benzene rings is 10. The minimum absolute atomic E-state index is 0.185. The van der Waals surface area contributed by atoms with Gasteiger partial charge in [-0.15, -0.1) is 0 Å². The van der Waals surface area contributed by atoms with Gasteiger partial charge in [0.1, 0.15) is 74.1 Å². The van der Waals surface area contributed by atoms with Gasteiger partial charge in [0.25, 0.3) is 0 Å². The summed E-state index contributed by atoms with van der Waals surface area (Å²) in [7, 11) is 0. The van der Waals surface area contributed by atoms with Gasteiger partial charge in [0.2, 0.25) is 0 Å². The monoisotopic (exact) mass is 1460 g/mol. The molecule has 13 rings (SSSR count). The first-order valence-corrected chi connectivity index (χ1v) is 39.5. The van der Waals surface area contributed by atoms with Gasteiger partial charge in [-0.3, -0.25) is 9.59 Å². The van der Waals surface area contributed by atoms with Crippen molar-refractivity contribution in [2.24, 2.45) is 0 Å². The van der Waals surface area contributed by atoms with Crippen molar-refractivity contribution < 1.29 is 38.0 Å². The summed E-state index contributed by atoms with van der Waals surface area (Å²) in [5.74, 6) is 3.75. The fraction of sp³-hybridized carbons (Fsp3) is 0.353. The zero-order valence-electron chi connectivity index (χ0n) is 68.4. The van der Waals surface area contributed by atoms with E-state index < -0.39 is 0 Å². The van der Waals surface area contributed by atoms with E-state index in [1.54, 1.807) is 0 Å². The smallest absolute Gasteiger partial charge is 0.192 e. The summed E-state index contributed by atoms with van der Waals surface area (Å²) in [5.41, 5.74) is 21.1. The SMILES string of the molecule is CC(C)(C)c1cc2c3c(c1)Cc1cc(C(C)(C)C)cc(c1OCc1ccccc1)Cc1cc(C(C)(C)C)cc(c1OCc1ccccc1)Cc1cc(C(C)(C)C)cc(c1OCC1=CC(=O)C=C(CO3)C1=O)Cc1cc(C(C)(C)C)cc(c1OCc1ccccc1)Cc1cc(C(C)(C)C)cc(c1OCc1ccccc1)C2. The number of fused-ring (bicyclic) bond motifs is 10. The third-order valence-corrected chi connectivity index (χ3v) is 21.8. The maximum Gasteiger partial charge on any atom is 0.192 e. The van der Waals surface area contributed by atoms with Gasteiger partial charge >= 0.3 is 0 Å². The van der Waals surface area contributed by atoms with E-state index in [9.17, 15) is 4.79 Å². The minimum atomic E-state index is -0.368. The summed E-state index contributed by atoms with van der Waals surface area (Å²) >= 11 is 0. The van der Waals surface area contributed by atoms with Crippen molar-refractivity contribution in [1.29, 1.82) is 0 Å². The van der Waals surface area contributed by atoms with E-state index in [2.05, 4.69) is 294 Å². The maximum atomic E-state index is 15.8. The second-order valence-corrected chi connectivity index (χ2v) is 37.0. The fourth-order valence-corrected chi connectivity index (χ4v) is 15.2. The Morgan fingerprint density at radius 1 is 0.264 bits per heavy atom. The van der Waals surface area contributed by atoms with E-state index >= 15 is 4.79 Å². The molecule has 0 amide bonds. The Kier molecular flexibility index (Phi) is 22.2. The Labute approximate surface area is 655 Å². The van der Waals surface area contributed by atoms with E-state index in [0.717, 1.165) is 145 Å². The summed E-state index contributed by atoms with van der Waals surface area (Å²) in [5, 5.41) is 0. The number of hydrogen-bond acceptors (Lipinski definition) is 8. The van der Waals surface area contributed by atoms with E-state index in [4.69, 9.17) is 28.4 Å². The number of rotatable bonds is 12. The van der Waals surface area contributed by atoms with Crippen molar-refractivity contribution in [2.75, 3.05) is 13.2 Å². The number of allylic oxidation sites excluding steroid dienone is 2. The van der Waals surface area contributed by atoms with Crippen LogP contribution >= 0.6 is 0 Å². The molecule has 12 bridgehead atoms. The normalized spacial score (nSPS) is 14.4. The topological polar surface area (TPSA) is 89.5 Å². The molecule has 0 saturated heterocycles. The first kappa shape index (κ1) is 78.0. The third-order valence-electron chi connectivity index (χ3n) is 21.8. The van der Waals surface area contributed by atoms with Crippen LogP contribution in [0, 0.1) is 0 Å². The van der Waals surface area contributed by atoms with Crippen LogP contribution in [-0.4, -0.2) is 24.8 Å². The molecule has 10 aromatic carbocycles. The van der Waals surface area contributed by atoms with Crippen molar-refractivity contribution in [2.45, 2.75) is 222 Å². The molecule has 8 heteroatoms. The molecule has 1 aliphatic carbocycles. The Morgan fingerprint density at radius 2 is 0.445 bits per heavy atom. The minimum Gasteiger partial charge on any atom is -0.488 e. The van der Waals surface area contributed by atoms with Crippen LogP contribution in [0.25, 0.3) is 0 Å². The molecule has 2 heterocycles. The largest absolute Gasteiger partial charge is 0.488 e. The highest BCUT2D eigenvalue weighted by atomic mass is 16.5. The standard InChI is InChI=1S/C102H112O8/c1-97(2,3)83-45-69-39-70-46-84(98(4,5)6)50-74(92(70)106-60-66-33-25-20-26-34-66)42-79-55-88(102(16,17)18)56-80-44-76-52-86(100(10,11)12)48-72(94(76)108-62-68-37-29-22-30-38-68)40-71-47-85(99(7,8)9)51-75(93(71)107-61-67-35-27-21-28-36-67)43-78-54-87(101(13,14)15)53-77(41-73(49-83)91(69)105-59-65-31-23-19-24-32-65)95(78)109-63-81-57-89(103)58-82(90(81)104)64-110-96(79)80/h19-38,45-58H,39-44,59-64H2,1-18H3. The summed E-state index contributed by atoms with van der Waals surface area (Å²) < 4.78 is 45.3. The van der Waals surface area contributed by atoms with E-state index in [1.165, 1.54) is 12.2 Å². The van der Waals surface area contributed by atoms with Gasteiger partial charge in [0.05, 0.1) is 0 Å². The van der Waals surface area contributed by atoms with Gasteiger partial charge in [0, 0.05) is 49.7 Å². The molecule has 0 atom stereocenters. The molecule has 0 N–H and O–H groups in total. The van der Waals surface area contributed by atoms with Crippen LogP contribution in [0.15, 0.2) is 217 Å². The van der Waals surface area contributed by atoms with Crippen LogP contribution in [0.1, 0.15) is 247 Å². The molecule has 0 aromatic heterocycles. The number of carbonyl (C=O) groups is 2. The van der Waals surface area contributed by atoms with Crippen molar-refractivity contribution in [3.05, 3.63) is 340 Å². The van der Waals surface area contributed by atoms with E-state index in [0.29, 0.717) is 76.5 Å². The molecule has 0 unspecified atom stereocenters. The highest BCUT2D eigenvalue weighted by Gasteiger charge is 2.34. The molecule has 10 aromatic rings. The van der Waals surface area contributed by atoms with Crippen LogP contribution in [-0.2, 0) is 107 Å². The van der Waals surface area contributed by atoms with Gasteiger partial charge in [-0.25, -0.2) is 0 Å². The molecule has 0 saturated carbocycles. The van der Waals surface area contributed by atoms with Crippen molar-refractivity contribution >= 4 is 11.6 Å². The van der Waals surface area contributed by atoms with Crippen molar-refractivity contribution in [3.8, 4) is 34.5 Å². The van der Waals surface area contributed by atoms with Crippen LogP contribution in [0.3, 0.4) is 0 Å². The first-order chi connectivity index (χ1) is 52.0. The first-order valence-electron chi connectivity index (χ1n) is 39.5. The van der Waals surface area contributed by atoms with Gasteiger partial charge < -0.3 is 28.4 Å². The predicted octanol–water partition coefficient (Wildman–Crippen LogP) is 23.4. The number of Topliss-reactive ketones (excluding diaryl/α,β-unsaturated/α-hetero) is 1. The zero-order valence-corrected chi connectivity index (χ0v) is 68.4. The number of carbonyl (C=O) groups excluding carboxylic acids is 2. The summed E-state index contributed by atoms with van der Waals surface area (Å²) in [6, 6.07) is 69.9. The molecular weight excluding hydrogens is 1350 g/mol. The molecule has 110 heavy (non-hydrogen) atoms. The van der Waals surface area contributed by atoms with Crippen LogP contribution < -0.4 is 28.4 Å². The molecule has 2 aliphatic heterocycles. The second-order valence-electron chi connectivity index (χ2n) is 37.0. The fourth-order valence-electron chi connectivity index (χ4n) is 15.2. The van der Waals surface area contributed by atoms with Gasteiger partial charge in [0.15, 0.2) is 11.6 Å². The molecule has 8 nitrogen and oxygen atoms in total. The lowest BCUT2D eigenvalue weighted by molar-refractivity contribution is -0.115. The summed E-state index contributed by atoms with van der Waals surface area (Å²) in [6.45, 7) is 42.0. The molecule has 0 radical (unpaired) electrons. The Bertz CT molecular complexity index is 4540. The average molecular weight is 1470 g/mol. The number of hydrogen-bond donors (Lipinski definition) is 0. The van der Waals surface area contributed by atoms with Crippen LogP contribution in [0.2, 0.25) is 0 Å². The molecule has 568 valence electrons. The van der Waals surface area contributed by atoms with Crippen molar-refractivity contribution in [1.82, 2.24) is 0 Å². The summed E-state index contributed by atoms with van der Waals surface area (Å²) in [6.07, 6.45) is 5.34. The quantitative estimate of drug-likeness (QED) is 0.112. The van der Waals surface area contributed by atoms with Crippen LogP contribution in [0.5, 0.6) is 34.5 Å². The number of ketones is 2. The van der Waals surface area contributed by atoms with Gasteiger partial charge in [-0.1, -0.05) is 319 Å². The average Bonchev–Trinajstić information content (AvgIpc) is 0.770. The second kappa shape index (κ2) is 31.3. The lowest BCUT2D eigenvalue weighted by Crippen LogP contribution is -2.24. The third kappa shape index (κ3) is 18.3. The summed E-state index contributed by atoms with van der Waals surface area (Å²) in [4.78, 5) is 30.5. The molecular formula is C102H112O8. The van der Waals surface area contributed by atoms with Gasteiger partial charge in [-0.2, -0.15) is 0 Å². The van der Waals surface area contributed by atoms with Crippen LogP contribution in [0.4, 0.5) is 0 Å². The Balaban J connectivity index is 1.21. The van der Waals surface area contributed by atoms with E-state index in [1.807, 2.05) is 24.3 Å². The molecule has 0 fully saturated rings. The lowest BCUT2D eigenvalue weighted by Gasteiger charge is -2.30. The Morgan fingerprint density at radius 3 is 0.636 bits per heavy atom. The molecule has 0 spiro atoms. The maximum absolute atomic E-state index is 15.8. The number of ether oxygens (including phenoxy) is 6. The van der Waals surface area contributed by atoms with Gasteiger partial charge in [-0.05, 0) is 167 Å². The van der Waals surface area contributed by atoms with E-state index in [-0.39, 0.29) is 68.4 Å². The highest BCUT2D eigenvalue weighted by molar-refractivity contribution is 6.20. The lowest BCUT2D eigenvalue weighted by atomic mass is 9.79. The highest BCUT2D eigenvalue weighted by Crippen LogP contribution is 2.48. The molecule has 3 aliphatic rings. The zero-order chi connectivity index (χ0) is 78.2. The predicted molar refractivity (Wildman–Crippen MR) is 448 cm³/mol. The van der Waals surface area contributed by atoms with Crippen molar-refractivity contribution in [3.63, 3.8) is 0 Å².